The molecular formula is C15H20O2Se. The zero-order valence-corrected chi connectivity index (χ0v) is 12.5. The molecule has 0 amide bonds. The minimum absolute atomic E-state index is 0.123. The standard InChI is InChI=1S/C15H20O2Se/c1-12(16)17-14-9-5-6-10-15(14)18-11-13-7-3-2-4-8-13/h2-4,7-8,14-15H,5-6,9-11H2,1H3. The second kappa shape index (κ2) is 6.96. The van der Waals surface area contributed by atoms with Gasteiger partial charge in [0.2, 0.25) is 0 Å². The predicted octanol–water partition coefficient (Wildman–Crippen LogP) is 3.19. The van der Waals surface area contributed by atoms with E-state index in [1.807, 2.05) is 0 Å². The van der Waals surface area contributed by atoms with E-state index < -0.39 is 0 Å². The molecule has 2 unspecified atom stereocenters. The van der Waals surface area contributed by atoms with Crippen molar-refractivity contribution < 1.29 is 9.53 Å². The van der Waals surface area contributed by atoms with Crippen molar-refractivity contribution in [2.75, 3.05) is 0 Å². The van der Waals surface area contributed by atoms with Crippen LogP contribution in [-0.4, -0.2) is 27.0 Å². The number of benzene rings is 1. The minimum atomic E-state index is -0.123. The van der Waals surface area contributed by atoms with Gasteiger partial charge in [0.15, 0.2) is 0 Å². The van der Waals surface area contributed by atoms with Gasteiger partial charge in [-0.15, -0.1) is 0 Å². The van der Waals surface area contributed by atoms with E-state index in [9.17, 15) is 4.79 Å². The van der Waals surface area contributed by atoms with E-state index in [2.05, 4.69) is 30.3 Å². The summed E-state index contributed by atoms with van der Waals surface area (Å²) < 4.78 is 5.47. The Hall–Kier alpha value is -0.791. The molecule has 2 atom stereocenters. The van der Waals surface area contributed by atoms with Crippen LogP contribution in [-0.2, 0) is 14.9 Å². The Balaban J connectivity index is 1.87. The van der Waals surface area contributed by atoms with Gasteiger partial charge in [-0.2, -0.15) is 0 Å². The van der Waals surface area contributed by atoms with Gasteiger partial charge in [-0.05, 0) is 0 Å². The first-order chi connectivity index (χ1) is 8.75. The molecule has 0 N–H and O–H groups in total. The Bertz CT molecular complexity index is 377. The van der Waals surface area contributed by atoms with Gasteiger partial charge in [-0.1, -0.05) is 0 Å². The molecule has 1 aliphatic carbocycles. The van der Waals surface area contributed by atoms with Gasteiger partial charge in [-0.25, -0.2) is 0 Å². The molecular weight excluding hydrogens is 291 g/mol. The Kier molecular flexibility index (Phi) is 5.27. The maximum atomic E-state index is 11.1. The van der Waals surface area contributed by atoms with Crippen molar-refractivity contribution in [2.24, 2.45) is 0 Å². The van der Waals surface area contributed by atoms with E-state index in [1.54, 1.807) is 0 Å². The number of carbonyl (C=O) groups is 1. The molecule has 1 saturated carbocycles. The SMILES string of the molecule is CC(=O)OC1CCCCC1[Se]Cc1ccccc1. The van der Waals surface area contributed by atoms with Gasteiger partial charge >= 0.3 is 115 Å². The van der Waals surface area contributed by atoms with Crippen LogP contribution in [0.1, 0.15) is 38.2 Å². The third kappa shape index (κ3) is 4.15. The molecule has 0 aromatic heterocycles. The Morgan fingerprint density at radius 3 is 2.72 bits per heavy atom. The summed E-state index contributed by atoms with van der Waals surface area (Å²) in [4.78, 5) is 11.7. The van der Waals surface area contributed by atoms with Crippen LogP contribution in [0.2, 0.25) is 4.82 Å². The number of rotatable bonds is 4. The molecule has 98 valence electrons. The Morgan fingerprint density at radius 2 is 2.00 bits per heavy atom. The van der Waals surface area contributed by atoms with E-state index in [0.717, 1.165) is 11.7 Å². The summed E-state index contributed by atoms with van der Waals surface area (Å²) in [5.74, 6) is -0.123. The summed E-state index contributed by atoms with van der Waals surface area (Å²) in [5.41, 5.74) is 1.41. The van der Waals surface area contributed by atoms with Crippen LogP contribution in [0.25, 0.3) is 0 Å². The van der Waals surface area contributed by atoms with Gasteiger partial charge in [-0.3, -0.25) is 0 Å². The molecule has 1 aromatic rings. The second-order valence-electron chi connectivity index (χ2n) is 4.77. The molecule has 0 bridgehead atoms. The number of carbonyl (C=O) groups excluding carboxylic acids is 1. The molecule has 0 saturated heterocycles. The Morgan fingerprint density at radius 1 is 1.28 bits per heavy atom. The van der Waals surface area contributed by atoms with Crippen molar-refractivity contribution in [1.82, 2.24) is 0 Å². The van der Waals surface area contributed by atoms with Crippen LogP contribution in [0, 0.1) is 0 Å². The van der Waals surface area contributed by atoms with Crippen LogP contribution in [0.5, 0.6) is 0 Å². The summed E-state index contributed by atoms with van der Waals surface area (Å²) in [7, 11) is 0. The average Bonchev–Trinajstić information content (AvgIpc) is 2.38. The van der Waals surface area contributed by atoms with Crippen molar-refractivity contribution in [3.63, 3.8) is 0 Å². The molecule has 1 aliphatic rings. The molecule has 2 nitrogen and oxygen atoms in total. The van der Waals surface area contributed by atoms with Crippen LogP contribution < -0.4 is 0 Å². The second-order valence-corrected chi connectivity index (χ2v) is 7.34. The molecule has 3 heteroatoms. The zero-order chi connectivity index (χ0) is 12.8. The normalized spacial score (nSPS) is 23.6. The number of esters is 1. The Labute approximate surface area is 115 Å². The quantitative estimate of drug-likeness (QED) is 0.630. The van der Waals surface area contributed by atoms with Crippen molar-refractivity contribution in [3.05, 3.63) is 35.9 Å². The first-order valence-corrected chi connectivity index (χ1v) is 8.78. The van der Waals surface area contributed by atoms with E-state index in [0.29, 0.717) is 19.8 Å². The van der Waals surface area contributed by atoms with Crippen molar-refractivity contribution in [2.45, 2.75) is 48.8 Å². The molecule has 0 spiro atoms. The summed E-state index contributed by atoms with van der Waals surface area (Å²) in [6.45, 7) is 1.52. The van der Waals surface area contributed by atoms with Gasteiger partial charge in [0, 0.05) is 0 Å². The third-order valence-corrected chi connectivity index (χ3v) is 6.34. The molecule has 18 heavy (non-hydrogen) atoms. The van der Waals surface area contributed by atoms with Gasteiger partial charge in [0.05, 0.1) is 0 Å². The molecule has 1 aromatic carbocycles. The van der Waals surface area contributed by atoms with E-state index in [1.165, 1.54) is 31.7 Å². The fourth-order valence-corrected chi connectivity index (χ4v) is 5.19. The topological polar surface area (TPSA) is 26.3 Å². The number of hydrogen-bond donors (Lipinski definition) is 0. The van der Waals surface area contributed by atoms with Gasteiger partial charge in [0.1, 0.15) is 0 Å². The van der Waals surface area contributed by atoms with E-state index >= 15 is 0 Å². The predicted molar refractivity (Wildman–Crippen MR) is 73.7 cm³/mol. The van der Waals surface area contributed by atoms with Crippen molar-refractivity contribution in [1.29, 1.82) is 0 Å². The van der Waals surface area contributed by atoms with Crippen LogP contribution in [0.4, 0.5) is 0 Å². The monoisotopic (exact) mass is 312 g/mol. The summed E-state index contributed by atoms with van der Waals surface area (Å²) in [6, 6.07) is 10.6. The van der Waals surface area contributed by atoms with E-state index in [-0.39, 0.29) is 12.1 Å². The van der Waals surface area contributed by atoms with Crippen LogP contribution in [0.3, 0.4) is 0 Å². The number of hydrogen-bond acceptors (Lipinski definition) is 2. The van der Waals surface area contributed by atoms with Gasteiger partial charge < -0.3 is 0 Å². The molecule has 1 fully saturated rings. The fourth-order valence-electron chi connectivity index (χ4n) is 2.38. The van der Waals surface area contributed by atoms with Crippen LogP contribution >= 0.6 is 0 Å². The molecule has 0 radical (unpaired) electrons. The molecule has 2 rings (SSSR count). The van der Waals surface area contributed by atoms with Crippen molar-refractivity contribution >= 4 is 20.9 Å². The fraction of sp³-hybridized carbons (Fsp3) is 0.533. The summed E-state index contributed by atoms with van der Waals surface area (Å²) >= 11 is 0.530. The average molecular weight is 311 g/mol. The first-order valence-electron chi connectivity index (χ1n) is 6.58. The van der Waals surface area contributed by atoms with E-state index in [4.69, 9.17) is 4.74 Å². The molecule has 0 aliphatic heterocycles. The van der Waals surface area contributed by atoms with Gasteiger partial charge in [0.25, 0.3) is 0 Å². The third-order valence-electron chi connectivity index (χ3n) is 3.27. The zero-order valence-electron chi connectivity index (χ0n) is 10.8. The number of ether oxygens (including phenoxy) is 1. The summed E-state index contributed by atoms with van der Waals surface area (Å²) in [5, 5.41) is 1.15. The first kappa shape index (κ1) is 13.6. The van der Waals surface area contributed by atoms with Crippen molar-refractivity contribution in [3.8, 4) is 0 Å². The summed E-state index contributed by atoms with van der Waals surface area (Å²) in [6.07, 6.45) is 4.96. The molecule has 0 heterocycles. The maximum absolute atomic E-state index is 11.1. The van der Waals surface area contributed by atoms with Crippen LogP contribution in [0.15, 0.2) is 30.3 Å².